The second kappa shape index (κ2) is 7.59. The number of carbonyl (C=O) groups is 2. The maximum atomic E-state index is 12.6. The molecule has 0 saturated carbocycles. The third kappa shape index (κ3) is 4.21. The minimum atomic E-state index is -0.937. The number of rotatable bonds is 5. The molecule has 1 aromatic rings. The molecule has 3 heterocycles. The summed E-state index contributed by atoms with van der Waals surface area (Å²) in [5.74, 6) is -0.719. The van der Waals surface area contributed by atoms with Crippen LogP contribution in [0.3, 0.4) is 0 Å². The first-order valence-electron chi connectivity index (χ1n) is 7.95. The number of morpholine rings is 1. The van der Waals surface area contributed by atoms with Crippen molar-refractivity contribution in [2.24, 2.45) is 0 Å². The van der Waals surface area contributed by atoms with E-state index in [-0.39, 0.29) is 25.0 Å². The van der Waals surface area contributed by atoms with Crippen molar-refractivity contribution >= 4 is 11.9 Å². The van der Waals surface area contributed by atoms with Crippen LogP contribution in [0.15, 0.2) is 18.3 Å². The monoisotopic (exact) mass is 336 g/mol. The Labute approximate surface area is 139 Å². The SMILES string of the molecule is O=C(O)CC1CN(C(=O)c2ccnc(OC3CCOC3)c2)CCO1. The topological polar surface area (TPSA) is 98.2 Å². The van der Waals surface area contributed by atoms with Gasteiger partial charge in [-0.2, -0.15) is 0 Å². The standard InChI is InChI=1S/C16H20N2O6/c19-15(20)8-13-9-18(4-6-23-13)16(21)11-1-3-17-14(7-11)24-12-2-5-22-10-12/h1,3,7,12-13H,2,4-6,8-10H2,(H,19,20). The third-order valence-electron chi connectivity index (χ3n) is 3.99. The fourth-order valence-corrected chi connectivity index (χ4v) is 2.79. The minimum absolute atomic E-state index is 0.0359. The molecule has 2 aliphatic heterocycles. The van der Waals surface area contributed by atoms with Gasteiger partial charge in [-0.25, -0.2) is 4.98 Å². The summed E-state index contributed by atoms with van der Waals surface area (Å²) in [5, 5.41) is 8.86. The van der Waals surface area contributed by atoms with Crippen molar-refractivity contribution in [2.45, 2.75) is 25.0 Å². The predicted octanol–water partition coefficient (Wildman–Crippen LogP) is 0.565. The van der Waals surface area contributed by atoms with Gasteiger partial charge in [0.15, 0.2) is 0 Å². The van der Waals surface area contributed by atoms with Crippen LogP contribution in [0.25, 0.3) is 0 Å². The number of ether oxygens (including phenoxy) is 3. The molecule has 2 unspecified atom stereocenters. The summed E-state index contributed by atoms with van der Waals surface area (Å²) in [6.07, 6.45) is 1.71. The summed E-state index contributed by atoms with van der Waals surface area (Å²) in [7, 11) is 0. The van der Waals surface area contributed by atoms with Crippen molar-refractivity contribution in [3.8, 4) is 5.88 Å². The van der Waals surface area contributed by atoms with Gasteiger partial charge in [0.25, 0.3) is 5.91 Å². The number of amides is 1. The molecule has 130 valence electrons. The van der Waals surface area contributed by atoms with Gasteiger partial charge in [0, 0.05) is 37.3 Å². The van der Waals surface area contributed by atoms with Crippen molar-refractivity contribution in [3.05, 3.63) is 23.9 Å². The van der Waals surface area contributed by atoms with Gasteiger partial charge in [0.05, 0.1) is 32.3 Å². The molecular formula is C16H20N2O6. The van der Waals surface area contributed by atoms with Crippen LogP contribution in [-0.2, 0) is 14.3 Å². The van der Waals surface area contributed by atoms with Crippen LogP contribution in [0.4, 0.5) is 0 Å². The summed E-state index contributed by atoms with van der Waals surface area (Å²) < 4.78 is 16.4. The lowest BCUT2D eigenvalue weighted by Crippen LogP contribution is -2.46. The van der Waals surface area contributed by atoms with Crippen LogP contribution in [0.2, 0.25) is 0 Å². The van der Waals surface area contributed by atoms with Gasteiger partial charge in [0.2, 0.25) is 5.88 Å². The van der Waals surface area contributed by atoms with Gasteiger partial charge in [0.1, 0.15) is 6.10 Å². The van der Waals surface area contributed by atoms with E-state index in [0.29, 0.717) is 37.8 Å². The Morgan fingerprint density at radius 3 is 3.04 bits per heavy atom. The molecule has 0 spiro atoms. The first-order valence-corrected chi connectivity index (χ1v) is 7.95. The second-order valence-electron chi connectivity index (χ2n) is 5.83. The van der Waals surface area contributed by atoms with Gasteiger partial charge in [-0.3, -0.25) is 9.59 Å². The molecule has 1 amide bonds. The highest BCUT2D eigenvalue weighted by Gasteiger charge is 2.27. The summed E-state index contributed by atoms with van der Waals surface area (Å²) >= 11 is 0. The fraction of sp³-hybridized carbons (Fsp3) is 0.562. The Morgan fingerprint density at radius 1 is 1.42 bits per heavy atom. The van der Waals surface area contributed by atoms with Gasteiger partial charge >= 0.3 is 5.97 Å². The lowest BCUT2D eigenvalue weighted by Gasteiger charge is -2.32. The van der Waals surface area contributed by atoms with Crippen LogP contribution in [0.5, 0.6) is 5.88 Å². The number of aliphatic carboxylic acids is 1. The van der Waals surface area contributed by atoms with E-state index in [1.807, 2.05) is 0 Å². The average Bonchev–Trinajstić information content (AvgIpc) is 3.07. The van der Waals surface area contributed by atoms with Crippen LogP contribution >= 0.6 is 0 Å². The zero-order valence-electron chi connectivity index (χ0n) is 13.2. The molecule has 2 fully saturated rings. The highest BCUT2D eigenvalue weighted by molar-refractivity contribution is 5.94. The molecular weight excluding hydrogens is 316 g/mol. The Bertz CT molecular complexity index is 602. The van der Waals surface area contributed by atoms with Crippen LogP contribution in [-0.4, -0.2) is 72.0 Å². The van der Waals surface area contributed by atoms with Crippen LogP contribution in [0, 0.1) is 0 Å². The molecule has 0 bridgehead atoms. The molecule has 0 aromatic carbocycles. The summed E-state index contributed by atoms with van der Waals surface area (Å²) in [6.45, 7) is 2.23. The predicted molar refractivity (Wildman–Crippen MR) is 82.0 cm³/mol. The molecule has 3 rings (SSSR count). The Balaban J connectivity index is 1.64. The molecule has 2 saturated heterocycles. The minimum Gasteiger partial charge on any atom is -0.481 e. The zero-order chi connectivity index (χ0) is 16.9. The lowest BCUT2D eigenvalue weighted by molar-refractivity contribution is -0.141. The largest absolute Gasteiger partial charge is 0.481 e. The number of carboxylic acid groups (broad SMARTS) is 1. The molecule has 0 aliphatic carbocycles. The smallest absolute Gasteiger partial charge is 0.306 e. The van der Waals surface area contributed by atoms with Gasteiger partial charge < -0.3 is 24.2 Å². The van der Waals surface area contributed by atoms with Crippen LogP contribution in [0.1, 0.15) is 23.2 Å². The quantitative estimate of drug-likeness (QED) is 0.839. The first kappa shape index (κ1) is 16.7. The molecule has 2 atom stereocenters. The molecule has 1 aromatic heterocycles. The number of aromatic nitrogens is 1. The van der Waals surface area contributed by atoms with Crippen molar-refractivity contribution in [2.75, 3.05) is 32.9 Å². The number of nitrogens with zero attached hydrogens (tertiary/aromatic N) is 2. The van der Waals surface area contributed by atoms with E-state index in [2.05, 4.69) is 4.98 Å². The molecule has 8 nitrogen and oxygen atoms in total. The lowest BCUT2D eigenvalue weighted by atomic mass is 10.1. The Morgan fingerprint density at radius 2 is 2.29 bits per heavy atom. The maximum absolute atomic E-state index is 12.6. The van der Waals surface area contributed by atoms with Crippen molar-refractivity contribution < 1.29 is 28.9 Å². The number of hydrogen-bond donors (Lipinski definition) is 1. The molecule has 8 heteroatoms. The molecule has 1 N–H and O–H groups in total. The van der Waals surface area contributed by atoms with E-state index >= 15 is 0 Å². The average molecular weight is 336 g/mol. The molecule has 0 radical (unpaired) electrons. The first-order chi connectivity index (χ1) is 11.6. The Kier molecular flexibility index (Phi) is 5.27. The van der Waals surface area contributed by atoms with E-state index < -0.39 is 12.1 Å². The Hall–Kier alpha value is -2.19. The van der Waals surface area contributed by atoms with E-state index in [4.69, 9.17) is 19.3 Å². The number of carboxylic acids is 1. The highest BCUT2D eigenvalue weighted by atomic mass is 16.5. The van der Waals surface area contributed by atoms with Crippen molar-refractivity contribution in [1.82, 2.24) is 9.88 Å². The third-order valence-corrected chi connectivity index (χ3v) is 3.99. The van der Waals surface area contributed by atoms with Gasteiger partial charge in [-0.1, -0.05) is 0 Å². The van der Waals surface area contributed by atoms with E-state index in [1.54, 1.807) is 17.0 Å². The highest BCUT2D eigenvalue weighted by Crippen LogP contribution is 2.18. The number of hydrogen-bond acceptors (Lipinski definition) is 6. The summed E-state index contributed by atoms with van der Waals surface area (Å²) in [4.78, 5) is 29.2. The van der Waals surface area contributed by atoms with E-state index in [9.17, 15) is 9.59 Å². The normalized spacial score (nSPS) is 23.9. The molecule has 24 heavy (non-hydrogen) atoms. The summed E-state index contributed by atoms with van der Waals surface area (Å²) in [5.41, 5.74) is 0.467. The fourth-order valence-electron chi connectivity index (χ4n) is 2.79. The number of pyridine rings is 1. The van der Waals surface area contributed by atoms with Crippen LogP contribution < -0.4 is 4.74 Å². The van der Waals surface area contributed by atoms with Gasteiger partial charge in [-0.05, 0) is 6.07 Å². The van der Waals surface area contributed by atoms with Crippen molar-refractivity contribution in [1.29, 1.82) is 0 Å². The van der Waals surface area contributed by atoms with Crippen molar-refractivity contribution in [3.63, 3.8) is 0 Å². The number of carbonyl (C=O) groups excluding carboxylic acids is 1. The van der Waals surface area contributed by atoms with E-state index in [1.165, 1.54) is 6.20 Å². The summed E-state index contributed by atoms with van der Waals surface area (Å²) in [6, 6.07) is 3.24. The maximum Gasteiger partial charge on any atom is 0.306 e. The van der Waals surface area contributed by atoms with Gasteiger partial charge in [-0.15, -0.1) is 0 Å². The van der Waals surface area contributed by atoms with E-state index in [0.717, 1.165) is 6.42 Å². The second-order valence-corrected chi connectivity index (χ2v) is 5.83. The zero-order valence-corrected chi connectivity index (χ0v) is 13.2. The molecule has 2 aliphatic rings.